The number of nitrogens with two attached hydrogens (primary N) is 2. The fourth-order valence-electron chi connectivity index (χ4n) is 0.278. The lowest BCUT2D eigenvalue weighted by Crippen LogP contribution is -2.25. The molecule has 0 rings (SSSR count). The summed E-state index contributed by atoms with van der Waals surface area (Å²) in [6.07, 6.45) is -2.20. The second-order valence-electron chi connectivity index (χ2n) is 1.52. The van der Waals surface area contributed by atoms with Crippen molar-refractivity contribution in [2.75, 3.05) is 0 Å². The summed E-state index contributed by atoms with van der Waals surface area (Å²) in [6.45, 7) is 1.26. The molecule has 1 atom stereocenters. The number of aliphatic hydroxyl groups excluding tert-OH is 1. The van der Waals surface area contributed by atoms with Gasteiger partial charge in [0.2, 0.25) is 0 Å². The van der Waals surface area contributed by atoms with Gasteiger partial charge in [0.1, 0.15) is 0 Å². The molecule has 6 nitrogen and oxygen atoms in total. The third-order valence-corrected chi connectivity index (χ3v) is 0.492. The van der Waals surface area contributed by atoms with E-state index in [9.17, 15) is 4.79 Å². The summed E-state index contributed by atoms with van der Waals surface area (Å²) in [4.78, 5) is 13.3. The predicted molar refractivity (Wildman–Crippen MR) is 34.0 cm³/mol. The van der Waals surface area contributed by atoms with E-state index < -0.39 is 18.3 Å². The topological polar surface area (TPSA) is 111 Å². The molecule has 0 heterocycles. The Kier molecular flexibility index (Phi) is 3.20. The highest BCUT2D eigenvalue weighted by atomic mass is 16.6. The molecule has 0 fully saturated rings. The maximum Gasteiger partial charge on any atom is 0.439 e. The smallest absolute Gasteiger partial charge is 0.418 e. The Morgan fingerprint density at radius 2 is 2.20 bits per heavy atom. The zero-order chi connectivity index (χ0) is 8.15. The van der Waals surface area contributed by atoms with Crippen molar-refractivity contribution in [2.45, 2.75) is 13.2 Å². The molecule has 10 heavy (non-hydrogen) atoms. The molecule has 0 aliphatic heterocycles. The van der Waals surface area contributed by atoms with Crippen molar-refractivity contribution in [3.63, 3.8) is 0 Å². The number of hydrogen-bond donors (Lipinski definition) is 3. The first-order valence-corrected chi connectivity index (χ1v) is 2.50. The van der Waals surface area contributed by atoms with Crippen LogP contribution in [0.2, 0.25) is 0 Å². The van der Waals surface area contributed by atoms with E-state index in [4.69, 9.17) is 16.6 Å². The number of rotatable bonds is 1. The number of aliphatic hydroxyl groups is 1. The van der Waals surface area contributed by atoms with Gasteiger partial charge in [-0.15, -0.1) is 4.99 Å². The molecule has 5 N–H and O–H groups in total. The molecule has 0 aromatic heterocycles. The monoisotopic (exact) mass is 147 g/mol. The van der Waals surface area contributed by atoms with Crippen LogP contribution in [0.1, 0.15) is 6.92 Å². The van der Waals surface area contributed by atoms with Gasteiger partial charge in [-0.3, -0.25) is 0 Å². The van der Waals surface area contributed by atoms with Crippen LogP contribution < -0.4 is 11.5 Å². The van der Waals surface area contributed by atoms with E-state index in [1.165, 1.54) is 6.92 Å². The SMILES string of the molecule is CC(O)OC(=O)N=C(N)N. The highest BCUT2D eigenvalue weighted by Gasteiger charge is 2.02. The van der Waals surface area contributed by atoms with Gasteiger partial charge < -0.3 is 21.3 Å². The molecular formula is C4H9N3O3. The van der Waals surface area contributed by atoms with Crippen LogP contribution in [-0.4, -0.2) is 23.4 Å². The summed E-state index contributed by atoms with van der Waals surface area (Å²) in [7, 11) is 0. The Hall–Kier alpha value is -1.30. The number of aliphatic imine (C=N–C) groups is 1. The Bertz CT molecular complexity index is 150. The van der Waals surface area contributed by atoms with Gasteiger partial charge in [0.25, 0.3) is 0 Å². The second kappa shape index (κ2) is 3.67. The highest BCUT2D eigenvalue weighted by Crippen LogP contribution is 1.87. The van der Waals surface area contributed by atoms with Crippen molar-refractivity contribution < 1.29 is 14.6 Å². The van der Waals surface area contributed by atoms with Crippen LogP contribution in [0, 0.1) is 0 Å². The lowest BCUT2D eigenvalue weighted by atomic mass is 10.8. The molecule has 0 saturated heterocycles. The predicted octanol–water partition coefficient (Wildman–Crippen LogP) is -1.27. The van der Waals surface area contributed by atoms with Gasteiger partial charge in [-0.1, -0.05) is 0 Å². The molecule has 0 aromatic rings. The van der Waals surface area contributed by atoms with Gasteiger partial charge in [-0.05, 0) is 6.92 Å². The van der Waals surface area contributed by atoms with E-state index in [1.807, 2.05) is 0 Å². The van der Waals surface area contributed by atoms with Crippen molar-refractivity contribution in [1.29, 1.82) is 0 Å². The van der Waals surface area contributed by atoms with Gasteiger partial charge in [-0.2, -0.15) is 0 Å². The second-order valence-corrected chi connectivity index (χ2v) is 1.52. The van der Waals surface area contributed by atoms with Gasteiger partial charge in [0.15, 0.2) is 12.2 Å². The van der Waals surface area contributed by atoms with E-state index in [1.54, 1.807) is 0 Å². The highest BCUT2D eigenvalue weighted by molar-refractivity contribution is 5.87. The van der Waals surface area contributed by atoms with Crippen molar-refractivity contribution in [3.05, 3.63) is 0 Å². The van der Waals surface area contributed by atoms with Crippen LogP contribution in [0.4, 0.5) is 4.79 Å². The number of nitrogens with zero attached hydrogens (tertiary/aromatic N) is 1. The van der Waals surface area contributed by atoms with Crippen LogP contribution in [0.15, 0.2) is 4.99 Å². The van der Waals surface area contributed by atoms with E-state index >= 15 is 0 Å². The lowest BCUT2D eigenvalue weighted by Gasteiger charge is -2.01. The average Bonchev–Trinajstić information content (AvgIpc) is 1.58. The summed E-state index contributed by atoms with van der Waals surface area (Å²) >= 11 is 0. The maximum absolute atomic E-state index is 10.3. The molecular weight excluding hydrogens is 138 g/mol. The largest absolute Gasteiger partial charge is 0.439 e. The zero-order valence-electron chi connectivity index (χ0n) is 5.44. The molecule has 1 unspecified atom stereocenters. The van der Waals surface area contributed by atoms with Gasteiger partial charge in [-0.25, -0.2) is 4.79 Å². The van der Waals surface area contributed by atoms with Crippen LogP contribution >= 0.6 is 0 Å². The number of amides is 1. The molecule has 1 amide bonds. The number of guanidine groups is 1. The van der Waals surface area contributed by atoms with Crippen molar-refractivity contribution >= 4 is 12.1 Å². The number of carbonyl (C=O) groups excluding carboxylic acids is 1. The third-order valence-electron chi connectivity index (χ3n) is 0.492. The van der Waals surface area contributed by atoms with Crippen LogP contribution in [0.3, 0.4) is 0 Å². The Labute approximate surface area is 57.5 Å². The molecule has 0 aliphatic rings. The number of ether oxygens (including phenoxy) is 1. The first kappa shape index (κ1) is 8.70. The summed E-state index contributed by atoms with van der Waals surface area (Å²) in [5.41, 5.74) is 9.63. The molecule has 0 saturated carbocycles. The third kappa shape index (κ3) is 4.85. The average molecular weight is 147 g/mol. The van der Waals surface area contributed by atoms with Gasteiger partial charge >= 0.3 is 6.09 Å². The minimum absolute atomic E-state index is 0.398. The summed E-state index contributed by atoms with van der Waals surface area (Å²) < 4.78 is 4.13. The summed E-state index contributed by atoms with van der Waals surface area (Å²) in [5.74, 6) is -0.398. The molecule has 0 aliphatic carbocycles. The zero-order valence-corrected chi connectivity index (χ0v) is 5.44. The van der Waals surface area contributed by atoms with E-state index in [-0.39, 0.29) is 0 Å². The first-order chi connectivity index (χ1) is 4.52. The van der Waals surface area contributed by atoms with E-state index in [0.29, 0.717) is 0 Å². The van der Waals surface area contributed by atoms with Gasteiger partial charge in [0, 0.05) is 0 Å². The van der Waals surface area contributed by atoms with Crippen LogP contribution in [0.25, 0.3) is 0 Å². The Morgan fingerprint density at radius 3 is 2.50 bits per heavy atom. The van der Waals surface area contributed by atoms with Crippen molar-refractivity contribution in [2.24, 2.45) is 16.5 Å². The molecule has 58 valence electrons. The molecule has 6 heteroatoms. The molecule has 0 radical (unpaired) electrons. The summed E-state index contributed by atoms with van der Waals surface area (Å²) in [5, 5.41) is 8.44. The molecule has 0 aromatic carbocycles. The number of hydrogen-bond acceptors (Lipinski definition) is 3. The van der Waals surface area contributed by atoms with Crippen molar-refractivity contribution in [3.8, 4) is 0 Å². The fraction of sp³-hybridized carbons (Fsp3) is 0.500. The Balaban J connectivity index is 3.76. The van der Waals surface area contributed by atoms with Gasteiger partial charge in [0.05, 0.1) is 0 Å². The Morgan fingerprint density at radius 1 is 1.70 bits per heavy atom. The molecule has 0 bridgehead atoms. The van der Waals surface area contributed by atoms with E-state index in [2.05, 4.69) is 9.73 Å². The van der Waals surface area contributed by atoms with E-state index in [0.717, 1.165) is 0 Å². The minimum Gasteiger partial charge on any atom is -0.418 e. The quantitative estimate of drug-likeness (QED) is 0.243. The number of carbonyl (C=O) groups is 1. The van der Waals surface area contributed by atoms with Crippen molar-refractivity contribution in [1.82, 2.24) is 0 Å². The fourth-order valence-corrected chi connectivity index (χ4v) is 0.278. The summed E-state index contributed by atoms with van der Waals surface area (Å²) in [6, 6.07) is 0. The maximum atomic E-state index is 10.3. The normalized spacial score (nSPS) is 11.8. The first-order valence-electron chi connectivity index (χ1n) is 2.50. The standard InChI is InChI=1S/C4H9N3O3/c1-2(8)10-4(9)7-3(5)6/h2,8H,1H3,(H4,5,6,7,9). The molecule has 0 spiro atoms. The lowest BCUT2D eigenvalue weighted by molar-refractivity contribution is -0.0331. The minimum atomic E-state index is -1.20. The van der Waals surface area contributed by atoms with Crippen LogP contribution in [0.5, 0.6) is 0 Å². The van der Waals surface area contributed by atoms with Crippen LogP contribution in [-0.2, 0) is 4.74 Å².